The number of hydrogen-bond acceptors (Lipinski definition) is 4. The first-order valence-corrected chi connectivity index (χ1v) is 7.93. The van der Waals surface area contributed by atoms with Gasteiger partial charge in [-0.15, -0.1) is 0 Å². The third-order valence-corrected chi connectivity index (χ3v) is 4.42. The summed E-state index contributed by atoms with van der Waals surface area (Å²) in [6.07, 6.45) is 4.86. The summed E-state index contributed by atoms with van der Waals surface area (Å²) in [6, 6.07) is 4.33. The minimum absolute atomic E-state index is 0.434. The molecule has 1 aliphatic heterocycles. The summed E-state index contributed by atoms with van der Waals surface area (Å²) in [5, 5.41) is 0.562. The number of halogens is 1. The zero-order valence-electron chi connectivity index (χ0n) is 12.9. The molecule has 1 unspecified atom stereocenters. The van der Waals surface area contributed by atoms with Crippen molar-refractivity contribution >= 4 is 11.6 Å². The zero-order valence-corrected chi connectivity index (χ0v) is 13.7. The van der Waals surface area contributed by atoms with Crippen molar-refractivity contribution in [1.29, 1.82) is 0 Å². The Morgan fingerprint density at radius 3 is 2.86 bits per heavy atom. The molecule has 1 heterocycles. The van der Waals surface area contributed by atoms with Crippen LogP contribution in [-0.4, -0.2) is 38.3 Å². The SMILES string of the molecule is COc1cc(CN)cc(Cl)c1OCCC1CCCCN1C. The molecule has 0 spiro atoms. The lowest BCUT2D eigenvalue weighted by atomic mass is 10.0. The lowest BCUT2D eigenvalue weighted by Gasteiger charge is -2.32. The van der Waals surface area contributed by atoms with Crippen LogP contribution in [0, 0.1) is 0 Å². The summed E-state index contributed by atoms with van der Waals surface area (Å²) in [5.41, 5.74) is 6.59. The van der Waals surface area contributed by atoms with Gasteiger partial charge in [0.15, 0.2) is 11.5 Å². The van der Waals surface area contributed by atoms with Gasteiger partial charge in [0.2, 0.25) is 0 Å². The summed E-state index contributed by atoms with van der Waals surface area (Å²) in [4.78, 5) is 2.42. The molecule has 1 aromatic carbocycles. The Kier molecular flexibility index (Phi) is 6.15. The van der Waals surface area contributed by atoms with Gasteiger partial charge in [0.1, 0.15) is 0 Å². The number of ether oxygens (including phenoxy) is 2. The smallest absolute Gasteiger partial charge is 0.179 e. The lowest BCUT2D eigenvalue weighted by molar-refractivity contribution is 0.152. The molecule has 1 atom stereocenters. The molecule has 1 fully saturated rings. The molecule has 1 saturated heterocycles. The Morgan fingerprint density at radius 1 is 1.38 bits per heavy atom. The van der Waals surface area contributed by atoms with Gasteiger partial charge in [-0.3, -0.25) is 0 Å². The van der Waals surface area contributed by atoms with Gasteiger partial charge in [0, 0.05) is 12.6 Å². The van der Waals surface area contributed by atoms with E-state index in [-0.39, 0.29) is 0 Å². The van der Waals surface area contributed by atoms with Crippen molar-refractivity contribution in [1.82, 2.24) is 4.90 Å². The molecule has 2 N–H and O–H groups in total. The molecule has 5 heteroatoms. The Labute approximate surface area is 132 Å². The molecule has 0 aliphatic carbocycles. The van der Waals surface area contributed by atoms with Gasteiger partial charge >= 0.3 is 0 Å². The van der Waals surface area contributed by atoms with Crippen LogP contribution >= 0.6 is 11.6 Å². The normalized spacial score (nSPS) is 19.5. The minimum Gasteiger partial charge on any atom is -0.493 e. The van der Waals surface area contributed by atoms with E-state index in [0.29, 0.717) is 35.7 Å². The number of piperidine rings is 1. The number of nitrogens with zero attached hydrogens (tertiary/aromatic N) is 1. The van der Waals surface area contributed by atoms with E-state index in [9.17, 15) is 0 Å². The van der Waals surface area contributed by atoms with Crippen LogP contribution in [0.25, 0.3) is 0 Å². The van der Waals surface area contributed by atoms with E-state index in [1.54, 1.807) is 7.11 Å². The fraction of sp³-hybridized carbons (Fsp3) is 0.625. The van der Waals surface area contributed by atoms with Crippen LogP contribution in [0.1, 0.15) is 31.2 Å². The zero-order chi connectivity index (χ0) is 15.2. The Bertz CT molecular complexity index is 468. The van der Waals surface area contributed by atoms with Gasteiger partial charge in [0.25, 0.3) is 0 Å². The molecular weight excluding hydrogens is 288 g/mol. The topological polar surface area (TPSA) is 47.7 Å². The summed E-state index contributed by atoms with van der Waals surface area (Å²) in [6.45, 7) is 2.26. The van der Waals surface area contributed by atoms with E-state index >= 15 is 0 Å². The number of rotatable bonds is 6. The third-order valence-electron chi connectivity index (χ3n) is 4.14. The summed E-state index contributed by atoms with van der Waals surface area (Å²) >= 11 is 6.27. The fourth-order valence-corrected chi connectivity index (χ4v) is 3.12. The van der Waals surface area contributed by atoms with E-state index < -0.39 is 0 Å². The second-order valence-electron chi connectivity index (χ2n) is 5.58. The monoisotopic (exact) mass is 312 g/mol. The first kappa shape index (κ1) is 16.4. The summed E-state index contributed by atoms with van der Waals surface area (Å²) < 4.78 is 11.2. The molecule has 4 nitrogen and oxygen atoms in total. The molecule has 0 saturated carbocycles. The van der Waals surface area contributed by atoms with Crippen molar-refractivity contribution in [2.75, 3.05) is 27.3 Å². The first-order chi connectivity index (χ1) is 10.2. The van der Waals surface area contributed by atoms with E-state index in [2.05, 4.69) is 11.9 Å². The van der Waals surface area contributed by atoms with Gasteiger partial charge in [-0.25, -0.2) is 0 Å². The van der Waals surface area contributed by atoms with Crippen LogP contribution in [0.3, 0.4) is 0 Å². The largest absolute Gasteiger partial charge is 0.493 e. The molecule has 0 aromatic heterocycles. The number of benzene rings is 1. The van der Waals surface area contributed by atoms with Crippen LogP contribution in [0.2, 0.25) is 5.02 Å². The average Bonchev–Trinajstić information content (AvgIpc) is 2.50. The van der Waals surface area contributed by atoms with Gasteiger partial charge in [-0.1, -0.05) is 18.0 Å². The van der Waals surface area contributed by atoms with E-state index in [1.165, 1.54) is 25.8 Å². The van der Waals surface area contributed by atoms with Crippen LogP contribution in [0.5, 0.6) is 11.5 Å². The average molecular weight is 313 g/mol. The summed E-state index contributed by atoms with van der Waals surface area (Å²) in [7, 11) is 3.81. The molecule has 0 radical (unpaired) electrons. The van der Waals surface area contributed by atoms with Crippen molar-refractivity contribution in [3.63, 3.8) is 0 Å². The van der Waals surface area contributed by atoms with Crippen molar-refractivity contribution in [2.24, 2.45) is 5.73 Å². The van der Waals surface area contributed by atoms with Crippen LogP contribution in [-0.2, 0) is 6.54 Å². The van der Waals surface area contributed by atoms with Crippen molar-refractivity contribution in [3.05, 3.63) is 22.7 Å². The molecule has 0 amide bonds. The second kappa shape index (κ2) is 7.87. The molecular formula is C16H25ClN2O2. The third kappa shape index (κ3) is 4.25. The van der Waals surface area contributed by atoms with E-state index in [0.717, 1.165) is 12.0 Å². The van der Waals surface area contributed by atoms with Gasteiger partial charge in [-0.2, -0.15) is 0 Å². The molecule has 1 aliphatic rings. The predicted molar refractivity (Wildman–Crippen MR) is 86.3 cm³/mol. The Morgan fingerprint density at radius 2 is 2.19 bits per heavy atom. The highest BCUT2D eigenvalue weighted by atomic mass is 35.5. The van der Waals surface area contributed by atoms with Crippen LogP contribution < -0.4 is 15.2 Å². The highest BCUT2D eigenvalue weighted by Gasteiger charge is 2.19. The van der Waals surface area contributed by atoms with Crippen LogP contribution in [0.15, 0.2) is 12.1 Å². The molecule has 2 rings (SSSR count). The number of methoxy groups -OCH3 is 1. The van der Waals surface area contributed by atoms with E-state index in [1.807, 2.05) is 12.1 Å². The van der Waals surface area contributed by atoms with E-state index in [4.69, 9.17) is 26.8 Å². The van der Waals surface area contributed by atoms with Crippen LogP contribution in [0.4, 0.5) is 0 Å². The number of likely N-dealkylation sites (tertiary alicyclic amines) is 1. The number of nitrogens with two attached hydrogens (primary N) is 1. The Balaban J connectivity index is 1.96. The second-order valence-corrected chi connectivity index (χ2v) is 5.99. The highest BCUT2D eigenvalue weighted by Crippen LogP contribution is 2.36. The number of hydrogen-bond donors (Lipinski definition) is 1. The van der Waals surface area contributed by atoms with Gasteiger partial charge in [-0.05, 0) is 50.6 Å². The maximum atomic E-state index is 6.27. The van der Waals surface area contributed by atoms with Gasteiger partial charge in [0.05, 0.1) is 18.7 Å². The predicted octanol–water partition coefficient (Wildman–Crippen LogP) is 3.06. The molecule has 118 valence electrons. The first-order valence-electron chi connectivity index (χ1n) is 7.55. The summed E-state index contributed by atoms with van der Waals surface area (Å²) in [5.74, 6) is 1.27. The maximum Gasteiger partial charge on any atom is 0.179 e. The molecule has 1 aromatic rings. The quantitative estimate of drug-likeness (QED) is 0.877. The standard InChI is InChI=1S/C16H25ClN2O2/c1-19-7-4-3-5-13(19)6-8-21-16-14(17)9-12(11-18)10-15(16)20-2/h9-10,13H,3-8,11,18H2,1-2H3. The van der Waals surface area contributed by atoms with Crippen molar-refractivity contribution in [3.8, 4) is 11.5 Å². The lowest BCUT2D eigenvalue weighted by Crippen LogP contribution is -2.37. The van der Waals surface area contributed by atoms with Crippen molar-refractivity contribution < 1.29 is 9.47 Å². The maximum absolute atomic E-state index is 6.27. The Hall–Kier alpha value is -0.970. The minimum atomic E-state index is 0.434. The highest BCUT2D eigenvalue weighted by molar-refractivity contribution is 6.32. The molecule has 0 bridgehead atoms. The fourth-order valence-electron chi connectivity index (χ4n) is 2.84. The van der Waals surface area contributed by atoms with Crippen molar-refractivity contribution in [2.45, 2.75) is 38.3 Å². The molecule has 21 heavy (non-hydrogen) atoms. The van der Waals surface area contributed by atoms with Gasteiger partial charge < -0.3 is 20.1 Å².